The van der Waals surface area contributed by atoms with Crippen LogP contribution in [-0.4, -0.2) is 13.6 Å². The molecule has 0 aliphatic heterocycles. The van der Waals surface area contributed by atoms with Gasteiger partial charge >= 0.3 is 0 Å². The van der Waals surface area contributed by atoms with E-state index < -0.39 is 0 Å². The van der Waals surface area contributed by atoms with Crippen molar-refractivity contribution >= 4 is 5.69 Å². The van der Waals surface area contributed by atoms with E-state index in [1.165, 1.54) is 16.8 Å². The van der Waals surface area contributed by atoms with Gasteiger partial charge in [0, 0.05) is 24.8 Å². The summed E-state index contributed by atoms with van der Waals surface area (Å²) in [5.74, 6) is 1.70. The van der Waals surface area contributed by atoms with Gasteiger partial charge in [-0.3, -0.25) is 0 Å². The highest BCUT2D eigenvalue weighted by atomic mass is 16.3. The first kappa shape index (κ1) is 15.6. The second-order valence-corrected chi connectivity index (χ2v) is 6.04. The molecule has 2 rings (SSSR count). The van der Waals surface area contributed by atoms with Gasteiger partial charge in [0.15, 0.2) is 0 Å². The second kappa shape index (κ2) is 7.32. The maximum atomic E-state index is 5.67. The van der Waals surface area contributed by atoms with Crippen molar-refractivity contribution in [2.24, 2.45) is 5.92 Å². The molecule has 0 aliphatic rings. The third-order valence-corrected chi connectivity index (χ3v) is 3.61. The summed E-state index contributed by atoms with van der Waals surface area (Å²) in [6, 6.07) is 10.5. The van der Waals surface area contributed by atoms with Crippen molar-refractivity contribution in [3.8, 4) is 0 Å². The van der Waals surface area contributed by atoms with E-state index in [9.17, 15) is 0 Å². The van der Waals surface area contributed by atoms with Crippen LogP contribution in [0.3, 0.4) is 0 Å². The zero-order valence-corrected chi connectivity index (χ0v) is 13.5. The lowest BCUT2D eigenvalue weighted by Gasteiger charge is -2.21. The molecule has 1 aromatic carbocycles. The van der Waals surface area contributed by atoms with E-state index in [0.29, 0.717) is 5.92 Å². The summed E-state index contributed by atoms with van der Waals surface area (Å²) in [6.07, 6.45) is 1.79. The number of nitrogens with one attached hydrogen (secondary N) is 1. The molecule has 0 saturated carbocycles. The van der Waals surface area contributed by atoms with Crippen LogP contribution in [0, 0.1) is 12.8 Å². The maximum absolute atomic E-state index is 5.67. The molecular weight excluding hydrogens is 260 g/mol. The molecule has 3 nitrogen and oxygen atoms in total. The average Bonchev–Trinajstić information content (AvgIpc) is 2.86. The third-order valence-electron chi connectivity index (χ3n) is 3.61. The number of rotatable bonds is 7. The van der Waals surface area contributed by atoms with Gasteiger partial charge in [-0.1, -0.05) is 32.0 Å². The van der Waals surface area contributed by atoms with E-state index in [1.54, 1.807) is 6.26 Å². The largest absolute Gasteiger partial charge is 0.467 e. The predicted molar refractivity (Wildman–Crippen MR) is 88.5 cm³/mol. The molecule has 0 radical (unpaired) electrons. The SMILES string of the molecule is Cc1ccccc1N(C)Cc1occc1CNCC(C)C. The van der Waals surface area contributed by atoms with Crippen LogP contribution in [0.25, 0.3) is 0 Å². The number of para-hydroxylation sites is 1. The Kier molecular flexibility index (Phi) is 5.45. The van der Waals surface area contributed by atoms with Crippen LogP contribution < -0.4 is 10.2 Å². The fourth-order valence-corrected chi connectivity index (χ4v) is 2.45. The molecule has 0 unspecified atom stereocenters. The van der Waals surface area contributed by atoms with E-state index >= 15 is 0 Å². The molecule has 0 aliphatic carbocycles. The monoisotopic (exact) mass is 286 g/mol. The molecule has 1 heterocycles. The van der Waals surface area contributed by atoms with Gasteiger partial charge in [-0.2, -0.15) is 0 Å². The molecule has 0 saturated heterocycles. The number of hydrogen-bond acceptors (Lipinski definition) is 3. The van der Waals surface area contributed by atoms with Crippen LogP contribution >= 0.6 is 0 Å². The Bertz CT molecular complexity index is 560. The Labute approximate surface area is 128 Å². The molecule has 3 heteroatoms. The molecule has 0 spiro atoms. The molecule has 1 aromatic heterocycles. The minimum atomic E-state index is 0.662. The molecule has 0 amide bonds. The maximum Gasteiger partial charge on any atom is 0.127 e. The predicted octanol–water partition coefficient (Wildman–Crippen LogP) is 3.97. The molecule has 114 valence electrons. The lowest BCUT2D eigenvalue weighted by atomic mass is 10.1. The van der Waals surface area contributed by atoms with Crippen molar-refractivity contribution in [1.29, 1.82) is 0 Å². The van der Waals surface area contributed by atoms with Crippen LogP contribution in [0.4, 0.5) is 5.69 Å². The van der Waals surface area contributed by atoms with Gasteiger partial charge in [-0.05, 0) is 37.1 Å². The van der Waals surface area contributed by atoms with Crippen LogP contribution in [-0.2, 0) is 13.1 Å². The first-order valence-electron chi connectivity index (χ1n) is 7.60. The zero-order valence-electron chi connectivity index (χ0n) is 13.5. The van der Waals surface area contributed by atoms with E-state index in [0.717, 1.165) is 25.4 Å². The van der Waals surface area contributed by atoms with Crippen molar-refractivity contribution < 1.29 is 4.42 Å². The highest BCUT2D eigenvalue weighted by Gasteiger charge is 2.11. The molecule has 0 atom stereocenters. The molecule has 0 bridgehead atoms. The lowest BCUT2D eigenvalue weighted by molar-refractivity contribution is 0.494. The van der Waals surface area contributed by atoms with Gasteiger partial charge in [0.1, 0.15) is 5.76 Å². The Morgan fingerprint density at radius 1 is 1.19 bits per heavy atom. The van der Waals surface area contributed by atoms with E-state index in [4.69, 9.17) is 4.42 Å². The Hall–Kier alpha value is -1.74. The summed E-state index contributed by atoms with van der Waals surface area (Å²) in [5, 5.41) is 3.47. The highest BCUT2D eigenvalue weighted by molar-refractivity contribution is 5.52. The summed E-state index contributed by atoms with van der Waals surface area (Å²) >= 11 is 0. The summed E-state index contributed by atoms with van der Waals surface area (Å²) in [4.78, 5) is 2.24. The zero-order chi connectivity index (χ0) is 15.2. The van der Waals surface area contributed by atoms with Crippen LogP contribution in [0.2, 0.25) is 0 Å². The molecule has 1 N–H and O–H groups in total. The van der Waals surface area contributed by atoms with Crippen molar-refractivity contribution in [2.75, 3.05) is 18.5 Å². The van der Waals surface area contributed by atoms with Gasteiger partial charge in [0.2, 0.25) is 0 Å². The number of nitrogens with zero attached hydrogens (tertiary/aromatic N) is 1. The Balaban J connectivity index is 2.00. The minimum Gasteiger partial charge on any atom is -0.467 e. The van der Waals surface area contributed by atoms with Gasteiger partial charge in [0.25, 0.3) is 0 Å². The van der Waals surface area contributed by atoms with E-state index in [2.05, 4.69) is 68.4 Å². The number of anilines is 1. The lowest BCUT2D eigenvalue weighted by Crippen LogP contribution is -2.21. The summed E-state index contributed by atoms with van der Waals surface area (Å²) in [7, 11) is 2.11. The van der Waals surface area contributed by atoms with Gasteiger partial charge in [0.05, 0.1) is 12.8 Å². The van der Waals surface area contributed by atoms with Crippen molar-refractivity contribution in [2.45, 2.75) is 33.9 Å². The molecule has 0 fully saturated rings. The Morgan fingerprint density at radius 2 is 1.95 bits per heavy atom. The average molecular weight is 286 g/mol. The van der Waals surface area contributed by atoms with Crippen LogP contribution in [0.1, 0.15) is 30.7 Å². The number of furan rings is 1. The smallest absolute Gasteiger partial charge is 0.127 e. The summed E-state index contributed by atoms with van der Waals surface area (Å²) in [5.41, 5.74) is 3.78. The highest BCUT2D eigenvalue weighted by Crippen LogP contribution is 2.21. The fraction of sp³-hybridized carbons (Fsp3) is 0.444. The van der Waals surface area contributed by atoms with Crippen molar-refractivity contribution in [3.63, 3.8) is 0 Å². The molecular formula is C18H26N2O. The Morgan fingerprint density at radius 3 is 2.67 bits per heavy atom. The third kappa shape index (κ3) is 4.36. The first-order valence-corrected chi connectivity index (χ1v) is 7.60. The second-order valence-electron chi connectivity index (χ2n) is 6.04. The number of aryl methyl sites for hydroxylation is 1. The summed E-state index contributed by atoms with van der Waals surface area (Å²) < 4.78 is 5.67. The fourth-order valence-electron chi connectivity index (χ4n) is 2.45. The van der Waals surface area contributed by atoms with E-state index in [1.807, 2.05) is 0 Å². The first-order chi connectivity index (χ1) is 10.1. The summed E-state index contributed by atoms with van der Waals surface area (Å²) in [6.45, 7) is 9.25. The molecule has 2 aromatic rings. The van der Waals surface area contributed by atoms with Crippen molar-refractivity contribution in [1.82, 2.24) is 5.32 Å². The quantitative estimate of drug-likeness (QED) is 0.835. The number of benzene rings is 1. The van der Waals surface area contributed by atoms with Gasteiger partial charge < -0.3 is 14.6 Å². The van der Waals surface area contributed by atoms with E-state index in [-0.39, 0.29) is 0 Å². The van der Waals surface area contributed by atoms with Gasteiger partial charge in [-0.25, -0.2) is 0 Å². The topological polar surface area (TPSA) is 28.4 Å². The van der Waals surface area contributed by atoms with Gasteiger partial charge in [-0.15, -0.1) is 0 Å². The minimum absolute atomic E-state index is 0.662. The van der Waals surface area contributed by atoms with Crippen LogP contribution in [0.5, 0.6) is 0 Å². The standard InChI is InChI=1S/C18H26N2O/c1-14(2)11-19-12-16-9-10-21-18(16)13-20(4)17-8-6-5-7-15(17)3/h5-10,14,19H,11-13H2,1-4H3. The number of hydrogen-bond donors (Lipinski definition) is 1. The normalized spacial score (nSPS) is 11.1. The molecule has 21 heavy (non-hydrogen) atoms. The van der Waals surface area contributed by atoms with Crippen molar-refractivity contribution in [3.05, 3.63) is 53.5 Å². The van der Waals surface area contributed by atoms with Crippen LogP contribution in [0.15, 0.2) is 41.0 Å².